The molecule has 2 aromatic rings. The first-order valence-corrected chi connectivity index (χ1v) is 7.53. The van der Waals surface area contributed by atoms with E-state index in [2.05, 4.69) is 22.3 Å². The number of benzene rings is 2. The number of halogens is 1. The number of amides is 1. The largest absolute Gasteiger partial charge is 0.326 e. The fourth-order valence-electron chi connectivity index (χ4n) is 2.81. The van der Waals surface area contributed by atoms with E-state index in [1.807, 2.05) is 18.2 Å². The number of anilines is 1. The smallest absolute Gasteiger partial charge is 0.228 e. The van der Waals surface area contributed by atoms with Crippen molar-refractivity contribution >= 4 is 11.6 Å². The fraction of sp³-hybridized carbons (Fsp3) is 0.278. The highest BCUT2D eigenvalue weighted by atomic mass is 19.1. The van der Waals surface area contributed by atoms with E-state index in [9.17, 15) is 9.18 Å². The molecule has 0 spiro atoms. The second-order valence-corrected chi connectivity index (χ2v) is 5.70. The van der Waals surface area contributed by atoms with Crippen molar-refractivity contribution in [3.8, 4) is 0 Å². The lowest BCUT2D eigenvalue weighted by molar-refractivity contribution is -0.119. The van der Waals surface area contributed by atoms with Gasteiger partial charge in [-0.3, -0.25) is 9.69 Å². The van der Waals surface area contributed by atoms with Crippen LogP contribution in [0.15, 0.2) is 54.6 Å². The number of carbonyl (C=O) groups is 1. The van der Waals surface area contributed by atoms with E-state index < -0.39 is 0 Å². The topological polar surface area (TPSA) is 32.3 Å². The van der Waals surface area contributed by atoms with E-state index >= 15 is 0 Å². The van der Waals surface area contributed by atoms with Crippen molar-refractivity contribution in [2.45, 2.75) is 13.0 Å². The zero-order valence-electron chi connectivity index (χ0n) is 12.3. The van der Waals surface area contributed by atoms with Gasteiger partial charge in [-0.15, -0.1) is 0 Å². The molecule has 0 aromatic heterocycles. The molecule has 0 aliphatic carbocycles. The highest BCUT2D eigenvalue weighted by Crippen LogP contribution is 2.20. The summed E-state index contributed by atoms with van der Waals surface area (Å²) in [6.45, 7) is 2.57. The van der Waals surface area contributed by atoms with Crippen LogP contribution >= 0.6 is 0 Å². The van der Waals surface area contributed by atoms with Gasteiger partial charge in [-0.2, -0.15) is 0 Å². The molecule has 3 nitrogen and oxygen atoms in total. The van der Waals surface area contributed by atoms with Gasteiger partial charge in [0.05, 0.1) is 5.92 Å². The van der Waals surface area contributed by atoms with Crippen molar-refractivity contribution in [3.63, 3.8) is 0 Å². The molecule has 1 fully saturated rings. The lowest BCUT2D eigenvalue weighted by Gasteiger charge is -2.16. The van der Waals surface area contributed by atoms with Crippen LogP contribution in [0.25, 0.3) is 0 Å². The van der Waals surface area contributed by atoms with E-state index in [0.29, 0.717) is 5.69 Å². The summed E-state index contributed by atoms with van der Waals surface area (Å²) >= 11 is 0. The lowest BCUT2D eigenvalue weighted by Crippen LogP contribution is -2.26. The van der Waals surface area contributed by atoms with Crippen molar-refractivity contribution in [2.24, 2.45) is 5.92 Å². The van der Waals surface area contributed by atoms with Crippen LogP contribution in [-0.2, 0) is 11.3 Å². The van der Waals surface area contributed by atoms with Crippen LogP contribution in [0.5, 0.6) is 0 Å². The summed E-state index contributed by atoms with van der Waals surface area (Å²) < 4.78 is 12.9. The van der Waals surface area contributed by atoms with Gasteiger partial charge in [-0.05, 0) is 42.8 Å². The average molecular weight is 298 g/mol. The normalized spacial score (nSPS) is 18.3. The minimum absolute atomic E-state index is 0.00577. The molecule has 4 heteroatoms. The van der Waals surface area contributed by atoms with Crippen LogP contribution in [0, 0.1) is 11.7 Å². The van der Waals surface area contributed by atoms with Gasteiger partial charge in [0, 0.05) is 18.8 Å². The van der Waals surface area contributed by atoms with E-state index in [1.165, 1.54) is 17.7 Å². The Morgan fingerprint density at radius 2 is 1.86 bits per heavy atom. The van der Waals surface area contributed by atoms with Crippen molar-refractivity contribution in [2.75, 3.05) is 18.4 Å². The Morgan fingerprint density at radius 3 is 2.59 bits per heavy atom. The van der Waals surface area contributed by atoms with Crippen LogP contribution in [0.2, 0.25) is 0 Å². The summed E-state index contributed by atoms with van der Waals surface area (Å²) in [5.74, 6) is -0.288. The molecule has 1 N–H and O–H groups in total. The molecule has 3 rings (SSSR count). The monoisotopic (exact) mass is 298 g/mol. The number of nitrogens with one attached hydrogen (secondary N) is 1. The maximum absolute atomic E-state index is 12.9. The molecule has 114 valence electrons. The Bertz CT molecular complexity index is 627. The number of carbonyl (C=O) groups excluding carboxylic acids is 1. The van der Waals surface area contributed by atoms with Crippen LogP contribution in [0.3, 0.4) is 0 Å². The first kappa shape index (κ1) is 14.7. The zero-order chi connectivity index (χ0) is 15.4. The molecular formula is C18H19FN2O. The van der Waals surface area contributed by atoms with Gasteiger partial charge in [-0.1, -0.05) is 30.3 Å². The van der Waals surface area contributed by atoms with Crippen LogP contribution in [0.4, 0.5) is 10.1 Å². The van der Waals surface area contributed by atoms with Gasteiger partial charge < -0.3 is 5.32 Å². The molecule has 1 aliphatic rings. The Hall–Kier alpha value is -2.20. The number of hydrogen-bond donors (Lipinski definition) is 1. The summed E-state index contributed by atoms with van der Waals surface area (Å²) in [6, 6.07) is 16.2. The van der Waals surface area contributed by atoms with E-state index in [4.69, 9.17) is 0 Å². The van der Waals surface area contributed by atoms with Crippen molar-refractivity contribution in [3.05, 3.63) is 66.0 Å². The van der Waals surface area contributed by atoms with Gasteiger partial charge in [0.15, 0.2) is 0 Å². The van der Waals surface area contributed by atoms with Crippen molar-refractivity contribution < 1.29 is 9.18 Å². The van der Waals surface area contributed by atoms with E-state index in [1.54, 1.807) is 12.1 Å². The van der Waals surface area contributed by atoms with Crippen molar-refractivity contribution in [1.29, 1.82) is 0 Å². The minimum atomic E-state index is -0.298. The van der Waals surface area contributed by atoms with Gasteiger partial charge in [0.25, 0.3) is 0 Å². The summed E-state index contributed by atoms with van der Waals surface area (Å²) in [6.07, 6.45) is 0.861. The quantitative estimate of drug-likeness (QED) is 0.939. The molecule has 1 atom stereocenters. The standard InChI is InChI=1S/C18H19FN2O/c19-16-6-8-17(9-7-16)20-18(22)15-10-11-21(13-15)12-14-4-2-1-3-5-14/h1-9,15H,10-13H2,(H,20,22). The Labute approximate surface area is 129 Å². The first-order valence-electron chi connectivity index (χ1n) is 7.53. The summed E-state index contributed by atoms with van der Waals surface area (Å²) in [5, 5.41) is 2.86. The Kier molecular flexibility index (Phi) is 4.49. The minimum Gasteiger partial charge on any atom is -0.326 e. The average Bonchev–Trinajstić information content (AvgIpc) is 2.99. The summed E-state index contributed by atoms with van der Waals surface area (Å²) in [4.78, 5) is 14.6. The van der Waals surface area contributed by atoms with E-state index in [-0.39, 0.29) is 17.6 Å². The third kappa shape index (κ3) is 3.71. The highest BCUT2D eigenvalue weighted by Gasteiger charge is 2.28. The molecule has 1 saturated heterocycles. The first-order chi connectivity index (χ1) is 10.7. The van der Waals surface area contributed by atoms with Crippen LogP contribution in [-0.4, -0.2) is 23.9 Å². The molecule has 1 amide bonds. The molecule has 0 bridgehead atoms. The second-order valence-electron chi connectivity index (χ2n) is 5.70. The molecule has 1 aliphatic heterocycles. The lowest BCUT2D eigenvalue weighted by atomic mass is 10.1. The molecule has 2 aromatic carbocycles. The van der Waals surface area contributed by atoms with Gasteiger partial charge in [0.2, 0.25) is 5.91 Å². The maximum Gasteiger partial charge on any atom is 0.228 e. The third-order valence-corrected chi connectivity index (χ3v) is 4.00. The molecule has 1 unspecified atom stereocenters. The Morgan fingerprint density at radius 1 is 1.14 bits per heavy atom. The van der Waals surface area contributed by atoms with Crippen LogP contribution in [0.1, 0.15) is 12.0 Å². The molecule has 22 heavy (non-hydrogen) atoms. The number of likely N-dealkylation sites (tertiary alicyclic amines) is 1. The Balaban J connectivity index is 1.53. The van der Waals surface area contributed by atoms with E-state index in [0.717, 1.165) is 26.1 Å². The van der Waals surface area contributed by atoms with Gasteiger partial charge in [0.1, 0.15) is 5.82 Å². The molecule has 0 radical (unpaired) electrons. The fourth-order valence-corrected chi connectivity index (χ4v) is 2.81. The summed E-state index contributed by atoms with van der Waals surface area (Å²) in [7, 11) is 0. The summed E-state index contributed by atoms with van der Waals surface area (Å²) in [5.41, 5.74) is 1.91. The highest BCUT2D eigenvalue weighted by molar-refractivity contribution is 5.92. The molecular weight excluding hydrogens is 279 g/mol. The van der Waals surface area contributed by atoms with Gasteiger partial charge in [-0.25, -0.2) is 4.39 Å². The van der Waals surface area contributed by atoms with Gasteiger partial charge >= 0.3 is 0 Å². The maximum atomic E-state index is 12.9. The van der Waals surface area contributed by atoms with Crippen LogP contribution < -0.4 is 5.32 Å². The third-order valence-electron chi connectivity index (χ3n) is 4.00. The molecule has 1 heterocycles. The second kappa shape index (κ2) is 6.71. The zero-order valence-corrected chi connectivity index (χ0v) is 12.3. The predicted molar refractivity (Wildman–Crippen MR) is 84.9 cm³/mol. The molecule has 0 saturated carbocycles. The number of rotatable bonds is 4. The van der Waals surface area contributed by atoms with Crippen molar-refractivity contribution in [1.82, 2.24) is 4.90 Å². The SMILES string of the molecule is O=C(Nc1ccc(F)cc1)C1CCN(Cc2ccccc2)C1. The number of hydrogen-bond acceptors (Lipinski definition) is 2. The predicted octanol–water partition coefficient (Wildman–Crippen LogP) is 3.29. The number of nitrogens with zero attached hydrogens (tertiary/aromatic N) is 1.